The summed E-state index contributed by atoms with van der Waals surface area (Å²) in [6.07, 6.45) is 3.22. The number of carboxylic acids is 1. The van der Waals surface area contributed by atoms with E-state index >= 15 is 0 Å². The van der Waals surface area contributed by atoms with Gasteiger partial charge < -0.3 is 19.3 Å². The van der Waals surface area contributed by atoms with E-state index in [1.54, 1.807) is 25.5 Å². The molecule has 0 bridgehead atoms. The summed E-state index contributed by atoms with van der Waals surface area (Å²) in [5, 5.41) is 13.3. The van der Waals surface area contributed by atoms with Crippen molar-refractivity contribution in [3.8, 4) is 0 Å². The van der Waals surface area contributed by atoms with Gasteiger partial charge in [0.1, 0.15) is 17.2 Å². The number of benzene rings is 1. The number of hydrogen-bond acceptors (Lipinski definition) is 6. The van der Waals surface area contributed by atoms with E-state index in [2.05, 4.69) is 26.1 Å². The zero-order valence-electron chi connectivity index (χ0n) is 17.6. The van der Waals surface area contributed by atoms with Crippen molar-refractivity contribution in [3.63, 3.8) is 0 Å². The van der Waals surface area contributed by atoms with E-state index in [9.17, 15) is 19.5 Å². The molecular weight excluding hydrogens is 406 g/mol. The molecule has 0 unspecified atom stereocenters. The van der Waals surface area contributed by atoms with Gasteiger partial charge in [0.15, 0.2) is 0 Å². The first-order chi connectivity index (χ1) is 14.0. The van der Waals surface area contributed by atoms with Crippen molar-refractivity contribution in [1.29, 1.82) is 0 Å². The monoisotopic (exact) mass is 431 g/mol. The zero-order valence-corrected chi connectivity index (χ0v) is 18.4. The Morgan fingerprint density at radius 1 is 1.20 bits per heavy atom. The van der Waals surface area contributed by atoms with Gasteiger partial charge in [0, 0.05) is 28.2 Å². The minimum absolute atomic E-state index is 0.131. The maximum atomic E-state index is 12.5. The third-order valence-electron chi connectivity index (χ3n) is 5.09. The largest absolute Gasteiger partial charge is 0.480 e. The molecule has 0 fully saturated rings. The number of hydrogen-bond donors (Lipinski definition) is 2. The normalized spacial score (nSPS) is 13.0. The second-order valence-corrected chi connectivity index (χ2v) is 9.24. The standard InChI is InChI=1S/C22H25NO6S/c1-11-12-6-14-15(22(2,3)4)9-28-17(14)8-18(12)29-21(27)13(11)7-19(24)23-16(10-30-5)20(25)26/h6,8-9,16H,7,10H2,1-5H3,(H,23,24)(H,25,26)/t16-/m0/s1. The van der Waals surface area contributed by atoms with Gasteiger partial charge in [-0.3, -0.25) is 4.79 Å². The Kier molecular flexibility index (Phi) is 5.99. The lowest BCUT2D eigenvalue weighted by Gasteiger charge is -2.17. The number of carbonyl (C=O) groups excluding carboxylic acids is 1. The lowest BCUT2D eigenvalue weighted by Crippen LogP contribution is -2.43. The number of aryl methyl sites for hydroxylation is 1. The van der Waals surface area contributed by atoms with Crippen LogP contribution in [0.5, 0.6) is 0 Å². The average Bonchev–Trinajstić information content (AvgIpc) is 3.06. The number of carboxylic acid groups (broad SMARTS) is 1. The SMILES string of the molecule is CSC[C@H](NC(=O)Cc1c(C)c2cc3c(C(C)(C)C)coc3cc2oc1=O)C(=O)O. The summed E-state index contributed by atoms with van der Waals surface area (Å²) in [7, 11) is 0. The first kappa shape index (κ1) is 22.0. The summed E-state index contributed by atoms with van der Waals surface area (Å²) < 4.78 is 11.1. The summed E-state index contributed by atoms with van der Waals surface area (Å²) in [4.78, 5) is 36.2. The Morgan fingerprint density at radius 2 is 1.90 bits per heavy atom. The van der Waals surface area contributed by atoms with Crippen LogP contribution in [0, 0.1) is 6.92 Å². The number of furan rings is 1. The second kappa shape index (κ2) is 8.18. The molecule has 3 rings (SSSR count). The maximum Gasteiger partial charge on any atom is 0.340 e. The molecule has 0 saturated carbocycles. The quantitative estimate of drug-likeness (QED) is 0.574. The van der Waals surface area contributed by atoms with Crippen LogP contribution in [0.25, 0.3) is 21.9 Å². The molecule has 0 saturated heterocycles. The van der Waals surface area contributed by atoms with E-state index in [1.807, 2.05) is 6.07 Å². The summed E-state index contributed by atoms with van der Waals surface area (Å²) >= 11 is 1.31. The van der Waals surface area contributed by atoms with Crippen LogP contribution in [0.4, 0.5) is 0 Å². The van der Waals surface area contributed by atoms with Crippen molar-refractivity contribution in [3.05, 3.63) is 45.5 Å². The predicted molar refractivity (Wildman–Crippen MR) is 117 cm³/mol. The molecule has 1 aromatic carbocycles. The van der Waals surface area contributed by atoms with Crippen LogP contribution >= 0.6 is 11.8 Å². The Labute approximate surface area is 177 Å². The molecular formula is C22H25NO6S. The van der Waals surface area contributed by atoms with Crippen LogP contribution in [-0.4, -0.2) is 35.0 Å². The highest BCUT2D eigenvalue weighted by atomic mass is 32.2. The van der Waals surface area contributed by atoms with Gasteiger partial charge in [0.25, 0.3) is 0 Å². The minimum Gasteiger partial charge on any atom is -0.480 e. The molecule has 0 spiro atoms. The van der Waals surface area contributed by atoms with Crippen molar-refractivity contribution in [1.82, 2.24) is 5.32 Å². The molecule has 2 heterocycles. The fraction of sp³-hybridized carbons (Fsp3) is 0.409. The molecule has 3 aromatic rings. The Morgan fingerprint density at radius 3 is 2.50 bits per heavy atom. The zero-order chi connectivity index (χ0) is 22.2. The number of carbonyl (C=O) groups is 2. The third-order valence-corrected chi connectivity index (χ3v) is 5.76. The van der Waals surface area contributed by atoms with Crippen molar-refractivity contribution in [2.45, 2.75) is 45.6 Å². The number of fused-ring (bicyclic) bond motifs is 2. The first-order valence-corrected chi connectivity index (χ1v) is 10.9. The van der Waals surface area contributed by atoms with E-state index in [0.717, 1.165) is 16.3 Å². The molecule has 0 aliphatic rings. The lowest BCUT2D eigenvalue weighted by molar-refractivity contribution is -0.141. The lowest BCUT2D eigenvalue weighted by atomic mass is 9.86. The first-order valence-electron chi connectivity index (χ1n) is 9.52. The van der Waals surface area contributed by atoms with Gasteiger partial charge in [0.2, 0.25) is 5.91 Å². The smallest absolute Gasteiger partial charge is 0.340 e. The summed E-state index contributed by atoms with van der Waals surface area (Å²) in [6.45, 7) is 8.02. The fourth-order valence-electron chi connectivity index (χ4n) is 3.44. The molecule has 0 radical (unpaired) electrons. The summed E-state index contributed by atoms with van der Waals surface area (Å²) in [6, 6.07) is 2.60. The Bertz CT molecular complexity index is 1180. The van der Waals surface area contributed by atoms with Gasteiger partial charge in [-0.25, -0.2) is 9.59 Å². The van der Waals surface area contributed by atoms with Gasteiger partial charge in [-0.2, -0.15) is 11.8 Å². The number of rotatable bonds is 6. The van der Waals surface area contributed by atoms with Crippen molar-refractivity contribution in [2.75, 3.05) is 12.0 Å². The van der Waals surface area contributed by atoms with Crippen molar-refractivity contribution < 1.29 is 23.5 Å². The van der Waals surface area contributed by atoms with E-state index in [4.69, 9.17) is 8.83 Å². The highest BCUT2D eigenvalue weighted by Gasteiger charge is 2.24. The van der Waals surface area contributed by atoms with Crippen LogP contribution in [-0.2, 0) is 21.4 Å². The molecule has 160 valence electrons. The highest BCUT2D eigenvalue weighted by molar-refractivity contribution is 7.98. The maximum absolute atomic E-state index is 12.5. The summed E-state index contributed by atoms with van der Waals surface area (Å²) in [5.74, 6) is -1.41. The number of aliphatic carboxylic acids is 1. The van der Waals surface area contributed by atoms with Gasteiger partial charge >= 0.3 is 11.6 Å². The molecule has 7 nitrogen and oxygen atoms in total. The van der Waals surface area contributed by atoms with E-state index < -0.39 is 23.5 Å². The molecule has 30 heavy (non-hydrogen) atoms. The molecule has 2 N–H and O–H groups in total. The van der Waals surface area contributed by atoms with Gasteiger partial charge in [0.05, 0.1) is 18.2 Å². The Balaban J connectivity index is 2.03. The van der Waals surface area contributed by atoms with Crippen LogP contribution in [0.1, 0.15) is 37.5 Å². The van der Waals surface area contributed by atoms with Crippen LogP contribution in [0.2, 0.25) is 0 Å². The number of thioether (sulfide) groups is 1. The van der Waals surface area contributed by atoms with Crippen LogP contribution in [0.3, 0.4) is 0 Å². The second-order valence-electron chi connectivity index (χ2n) is 8.33. The molecule has 2 aromatic heterocycles. The van der Waals surface area contributed by atoms with E-state index in [1.165, 1.54) is 11.8 Å². The van der Waals surface area contributed by atoms with Crippen molar-refractivity contribution in [2.24, 2.45) is 0 Å². The van der Waals surface area contributed by atoms with Crippen LogP contribution < -0.4 is 10.9 Å². The molecule has 0 aliphatic heterocycles. The summed E-state index contributed by atoms with van der Waals surface area (Å²) in [5.41, 5.74) is 2.15. The molecule has 8 heteroatoms. The van der Waals surface area contributed by atoms with Gasteiger partial charge in [-0.1, -0.05) is 20.8 Å². The number of amides is 1. The van der Waals surface area contributed by atoms with E-state index in [-0.39, 0.29) is 23.2 Å². The van der Waals surface area contributed by atoms with Crippen molar-refractivity contribution >= 4 is 45.6 Å². The van der Waals surface area contributed by atoms with Crippen LogP contribution in [0.15, 0.2) is 32.0 Å². The third kappa shape index (κ3) is 4.23. The minimum atomic E-state index is -1.11. The topological polar surface area (TPSA) is 110 Å². The van der Waals surface area contributed by atoms with Gasteiger partial charge in [-0.05, 0) is 30.2 Å². The molecule has 1 atom stereocenters. The molecule has 0 aliphatic carbocycles. The average molecular weight is 432 g/mol. The fourth-order valence-corrected chi connectivity index (χ4v) is 4.00. The Hall–Kier alpha value is -2.74. The predicted octanol–water partition coefficient (Wildman–Crippen LogP) is 3.62. The highest BCUT2D eigenvalue weighted by Crippen LogP contribution is 2.35. The van der Waals surface area contributed by atoms with Gasteiger partial charge in [-0.15, -0.1) is 0 Å². The van der Waals surface area contributed by atoms with E-state index in [0.29, 0.717) is 16.7 Å². The molecule has 1 amide bonds. The number of nitrogens with one attached hydrogen (secondary N) is 1.